The van der Waals surface area contributed by atoms with Gasteiger partial charge in [0.05, 0.1) is 11.3 Å². The quantitative estimate of drug-likeness (QED) is 0.822. The van der Waals surface area contributed by atoms with Gasteiger partial charge in [-0.25, -0.2) is 0 Å². The Labute approximate surface area is 114 Å². The molecule has 4 heteroatoms. The summed E-state index contributed by atoms with van der Waals surface area (Å²) in [6, 6.07) is 8.36. The highest BCUT2D eigenvalue weighted by Crippen LogP contribution is 2.27. The molecule has 3 nitrogen and oxygen atoms in total. The molecule has 1 atom stereocenters. The monoisotopic (exact) mass is 263 g/mol. The Morgan fingerprint density at radius 2 is 2.22 bits per heavy atom. The minimum atomic E-state index is 0.556. The second-order valence-electron chi connectivity index (χ2n) is 4.98. The van der Waals surface area contributed by atoms with Crippen molar-refractivity contribution in [3.05, 3.63) is 28.8 Å². The number of anilines is 1. The Kier molecular flexibility index (Phi) is 4.11. The summed E-state index contributed by atoms with van der Waals surface area (Å²) in [6.07, 6.45) is 2.38. The third-order valence-electron chi connectivity index (χ3n) is 3.55. The molecular formula is C14H18ClN3. The van der Waals surface area contributed by atoms with Gasteiger partial charge in [-0.1, -0.05) is 11.6 Å². The molecule has 0 aliphatic carbocycles. The molecule has 0 N–H and O–H groups in total. The average Bonchev–Trinajstić information content (AvgIpc) is 2.38. The first-order valence-electron chi connectivity index (χ1n) is 6.23. The van der Waals surface area contributed by atoms with Crippen LogP contribution in [0.4, 0.5) is 5.69 Å². The van der Waals surface area contributed by atoms with E-state index in [9.17, 15) is 5.26 Å². The molecule has 1 fully saturated rings. The number of hydrogen-bond acceptors (Lipinski definition) is 3. The van der Waals surface area contributed by atoms with Crippen LogP contribution >= 0.6 is 11.6 Å². The lowest BCUT2D eigenvalue weighted by atomic mass is 10.0. The van der Waals surface area contributed by atoms with E-state index in [1.165, 1.54) is 6.42 Å². The van der Waals surface area contributed by atoms with Crippen molar-refractivity contribution in [2.45, 2.75) is 18.9 Å². The van der Waals surface area contributed by atoms with Crippen LogP contribution in [0.2, 0.25) is 5.02 Å². The van der Waals surface area contributed by atoms with Crippen LogP contribution in [0.5, 0.6) is 0 Å². The molecule has 0 bridgehead atoms. The molecule has 1 aromatic rings. The van der Waals surface area contributed by atoms with Gasteiger partial charge < -0.3 is 9.80 Å². The summed E-state index contributed by atoms with van der Waals surface area (Å²) in [4.78, 5) is 4.55. The highest BCUT2D eigenvalue weighted by atomic mass is 35.5. The minimum Gasteiger partial charge on any atom is -0.369 e. The van der Waals surface area contributed by atoms with Gasteiger partial charge in [0.15, 0.2) is 0 Å². The van der Waals surface area contributed by atoms with E-state index in [4.69, 9.17) is 11.6 Å². The zero-order valence-electron chi connectivity index (χ0n) is 10.9. The third-order valence-corrected chi connectivity index (χ3v) is 3.78. The van der Waals surface area contributed by atoms with Crippen molar-refractivity contribution < 1.29 is 0 Å². The lowest BCUT2D eigenvalue weighted by Crippen LogP contribution is -2.45. The van der Waals surface area contributed by atoms with E-state index in [1.54, 1.807) is 6.07 Å². The molecule has 1 aliphatic heterocycles. The number of nitriles is 1. The molecule has 2 rings (SSSR count). The molecule has 0 saturated carbocycles. The second kappa shape index (κ2) is 5.60. The fourth-order valence-electron chi connectivity index (χ4n) is 2.47. The number of rotatable bonds is 2. The van der Waals surface area contributed by atoms with E-state index in [1.807, 2.05) is 12.1 Å². The molecule has 1 heterocycles. The van der Waals surface area contributed by atoms with Crippen molar-refractivity contribution in [1.29, 1.82) is 5.26 Å². The van der Waals surface area contributed by atoms with Gasteiger partial charge in [0.2, 0.25) is 0 Å². The lowest BCUT2D eigenvalue weighted by molar-refractivity contribution is 0.258. The first-order chi connectivity index (χ1) is 8.61. The van der Waals surface area contributed by atoms with Gasteiger partial charge in [-0.15, -0.1) is 0 Å². The van der Waals surface area contributed by atoms with Gasteiger partial charge in [0.1, 0.15) is 6.07 Å². The summed E-state index contributed by atoms with van der Waals surface area (Å²) in [5.74, 6) is 0. The summed E-state index contributed by atoms with van der Waals surface area (Å²) in [5, 5.41) is 9.82. The molecule has 0 radical (unpaired) electrons. The molecule has 1 unspecified atom stereocenters. The summed E-state index contributed by atoms with van der Waals surface area (Å²) < 4.78 is 0. The molecule has 1 aliphatic rings. The molecule has 1 aromatic carbocycles. The van der Waals surface area contributed by atoms with Gasteiger partial charge in [0.25, 0.3) is 0 Å². The summed E-state index contributed by atoms with van der Waals surface area (Å²) in [5.41, 5.74) is 1.68. The molecule has 0 aromatic heterocycles. The van der Waals surface area contributed by atoms with Crippen LogP contribution < -0.4 is 4.90 Å². The van der Waals surface area contributed by atoms with Crippen molar-refractivity contribution in [3.63, 3.8) is 0 Å². The van der Waals surface area contributed by atoms with Crippen molar-refractivity contribution in [1.82, 2.24) is 4.90 Å². The Bertz CT molecular complexity index is 465. The highest BCUT2D eigenvalue weighted by Gasteiger charge is 2.23. The predicted molar refractivity (Wildman–Crippen MR) is 75.1 cm³/mol. The summed E-state index contributed by atoms with van der Waals surface area (Å²) in [7, 11) is 4.22. The van der Waals surface area contributed by atoms with Crippen molar-refractivity contribution in [2.75, 3.05) is 32.1 Å². The van der Waals surface area contributed by atoms with E-state index in [0.29, 0.717) is 16.6 Å². The Balaban J connectivity index is 2.23. The lowest BCUT2D eigenvalue weighted by Gasteiger charge is -2.37. The maximum Gasteiger partial charge on any atom is 0.101 e. The Morgan fingerprint density at radius 1 is 1.44 bits per heavy atom. The fourth-order valence-corrected chi connectivity index (χ4v) is 2.64. The first-order valence-corrected chi connectivity index (χ1v) is 6.60. The highest BCUT2D eigenvalue weighted by molar-refractivity contribution is 6.30. The number of piperidine rings is 1. The van der Waals surface area contributed by atoms with E-state index < -0.39 is 0 Å². The van der Waals surface area contributed by atoms with Crippen LogP contribution in [0.15, 0.2) is 18.2 Å². The molecule has 96 valence electrons. The molecular weight excluding hydrogens is 246 g/mol. The zero-order valence-corrected chi connectivity index (χ0v) is 11.6. The van der Waals surface area contributed by atoms with Crippen molar-refractivity contribution >= 4 is 17.3 Å². The van der Waals surface area contributed by atoms with Gasteiger partial charge in [-0.2, -0.15) is 5.26 Å². The van der Waals surface area contributed by atoms with Crippen LogP contribution in [0, 0.1) is 11.3 Å². The van der Waals surface area contributed by atoms with Crippen LogP contribution in [0.3, 0.4) is 0 Å². The molecule has 18 heavy (non-hydrogen) atoms. The number of halogens is 1. The number of nitrogens with zero attached hydrogens (tertiary/aromatic N) is 3. The summed E-state index contributed by atoms with van der Waals surface area (Å²) in [6.45, 7) is 1.99. The van der Waals surface area contributed by atoms with Gasteiger partial charge in [-0.3, -0.25) is 0 Å². The van der Waals surface area contributed by atoms with Gasteiger partial charge >= 0.3 is 0 Å². The number of hydrogen-bond donors (Lipinski definition) is 0. The zero-order chi connectivity index (χ0) is 13.1. The predicted octanol–water partition coefficient (Wildman–Crippen LogP) is 2.74. The maximum absolute atomic E-state index is 9.20. The van der Waals surface area contributed by atoms with Gasteiger partial charge in [-0.05, 0) is 45.1 Å². The van der Waals surface area contributed by atoms with E-state index in [0.717, 1.165) is 25.2 Å². The van der Waals surface area contributed by atoms with Crippen molar-refractivity contribution in [2.24, 2.45) is 0 Å². The smallest absolute Gasteiger partial charge is 0.101 e. The Hall–Kier alpha value is -1.24. The van der Waals surface area contributed by atoms with Crippen LogP contribution in [0.25, 0.3) is 0 Å². The second-order valence-corrected chi connectivity index (χ2v) is 5.42. The average molecular weight is 264 g/mol. The van der Waals surface area contributed by atoms with Crippen LogP contribution in [-0.2, 0) is 0 Å². The Morgan fingerprint density at radius 3 is 2.89 bits per heavy atom. The number of benzene rings is 1. The van der Waals surface area contributed by atoms with E-state index >= 15 is 0 Å². The van der Waals surface area contributed by atoms with E-state index in [2.05, 4.69) is 30.0 Å². The topological polar surface area (TPSA) is 30.3 Å². The standard InChI is InChI=1S/C14H18ClN3/c1-17(2)13-4-3-7-18(10-13)14-6-5-12(15)8-11(14)9-16/h5-6,8,13H,3-4,7,10H2,1-2H3. The van der Waals surface area contributed by atoms with Crippen LogP contribution in [0.1, 0.15) is 18.4 Å². The van der Waals surface area contributed by atoms with Crippen molar-refractivity contribution in [3.8, 4) is 6.07 Å². The summed E-state index contributed by atoms with van der Waals surface area (Å²) >= 11 is 5.94. The maximum atomic E-state index is 9.20. The molecule has 0 spiro atoms. The molecule has 1 saturated heterocycles. The van der Waals surface area contributed by atoms with Crippen LogP contribution in [-0.4, -0.2) is 38.1 Å². The largest absolute Gasteiger partial charge is 0.369 e. The first kappa shape index (κ1) is 13.2. The third kappa shape index (κ3) is 2.77. The fraction of sp³-hybridized carbons (Fsp3) is 0.500. The molecule has 0 amide bonds. The van der Waals surface area contributed by atoms with E-state index in [-0.39, 0.29) is 0 Å². The van der Waals surface area contributed by atoms with Gasteiger partial charge in [0, 0.05) is 24.2 Å². The SMILES string of the molecule is CN(C)C1CCCN(c2ccc(Cl)cc2C#N)C1. The normalized spacial score (nSPS) is 19.9. The minimum absolute atomic E-state index is 0.556. The number of likely N-dealkylation sites (N-methyl/N-ethyl adjacent to an activating group) is 1.